The van der Waals surface area contributed by atoms with E-state index in [1.54, 1.807) is 36.5 Å². The first-order valence-electron chi connectivity index (χ1n) is 11.1. The van der Waals surface area contributed by atoms with Gasteiger partial charge in [-0.2, -0.15) is 0 Å². The summed E-state index contributed by atoms with van der Waals surface area (Å²) < 4.78 is 46.7. The molecule has 2 heterocycles. The van der Waals surface area contributed by atoms with Crippen LogP contribution in [0.3, 0.4) is 0 Å². The highest BCUT2D eigenvalue weighted by molar-refractivity contribution is 7.88. The molecule has 9 heteroatoms. The van der Waals surface area contributed by atoms with E-state index in [0.29, 0.717) is 37.2 Å². The molecule has 1 N–H and O–H groups in total. The van der Waals surface area contributed by atoms with Gasteiger partial charge in [0.25, 0.3) is 0 Å². The number of benzene rings is 2. The standard InChI is InChI=1S/C25H26FN3O4S/c26-23-15-20(8-9-24(23)33-22-7-4-12-27-17-22)16-28-25(30)21-10-13-29(14-11-21)34(31,32)18-19-5-2-1-3-6-19/h1-9,12,15,17,21H,10-11,13-14,16,18H2,(H,28,30). The molecule has 1 aliphatic rings. The van der Waals surface area contributed by atoms with Gasteiger partial charge in [0.2, 0.25) is 15.9 Å². The summed E-state index contributed by atoms with van der Waals surface area (Å²) >= 11 is 0. The SMILES string of the molecule is O=C(NCc1ccc(Oc2cccnc2)c(F)c1)C1CCN(S(=O)(=O)Cc2ccccc2)CC1. The number of aromatic nitrogens is 1. The molecule has 7 nitrogen and oxygen atoms in total. The molecule has 0 radical (unpaired) electrons. The zero-order valence-electron chi connectivity index (χ0n) is 18.6. The number of nitrogens with one attached hydrogen (secondary N) is 1. The number of pyridine rings is 1. The fraction of sp³-hybridized carbons (Fsp3) is 0.280. The summed E-state index contributed by atoms with van der Waals surface area (Å²) in [5.41, 5.74) is 1.35. The van der Waals surface area contributed by atoms with Gasteiger partial charge in [0.05, 0.1) is 11.9 Å². The Morgan fingerprint density at radius 2 is 1.82 bits per heavy atom. The van der Waals surface area contributed by atoms with Crippen LogP contribution in [-0.4, -0.2) is 36.7 Å². The van der Waals surface area contributed by atoms with Gasteiger partial charge in [0.15, 0.2) is 11.6 Å². The Balaban J connectivity index is 1.26. The summed E-state index contributed by atoms with van der Waals surface area (Å²) in [5, 5.41) is 2.83. The molecule has 1 aromatic heterocycles. The third-order valence-corrected chi connectivity index (χ3v) is 7.59. The number of nitrogens with zero attached hydrogens (tertiary/aromatic N) is 2. The van der Waals surface area contributed by atoms with E-state index < -0.39 is 15.8 Å². The smallest absolute Gasteiger partial charge is 0.223 e. The molecule has 4 rings (SSSR count). The minimum Gasteiger partial charge on any atom is -0.453 e. The van der Waals surface area contributed by atoms with Crippen LogP contribution in [0.1, 0.15) is 24.0 Å². The topological polar surface area (TPSA) is 88.6 Å². The first kappa shape index (κ1) is 23.8. The summed E-state index contributed by atoms with van der Waals surface area (Å²) in [6, 6.07) is 17.0. The van der Waals surface area contributed by atoms with Gasteiger partial charge in [0.1, 0.15) is 5.75 Å². The van der Waals surface area contributed by atoms with Crippen LogP contribution < -0.4 is 10.1 Å². The lowest BCUT2D eigenvalue weighted by Crippen LogP contribution is -2.43. The molecule has 1 aliphatic heterocycles. The largest absolute Gasteiger partial charge is 0.453 e. The maximum absolute atomic E-state index is 14.4. The zero-order valence-corrected chi connectivity index (χ0v) is 19.4. The van der Waals surface area contributed by atoms with Gasteiger partial charge in [-0.15, -0.1) is 0 Å². The van der Waals surface area contributed by atoms with Crippen LogP contribution in [0.2, 0.25) is 0 Å². The average molecular weight is 484 g/mol. The van der Waals surface area contributed by atoms with Crippen LogP contribution in [0.4, 0.5) is 4.39 Å². The summed E-state index contributed by atoms with van der Waals surface area (Å²) in [4.78, 5) is 16.5. The number of piperidine rings is 1. The van der Waals surface area contributed by atoms with Crippen molar-refractivity contribution >= 4 is 15.9 Å². The predicted molar refractivity (Wildman–Crippen MR) is 126 cm³/mol. The molecule has 0 unspecified atom stereocenters. The van der Waals surface area contributed by atoms with Gasteiger partial charge in [-0.05, 0) is 48.2 Å². The molecule has 0 aliphatic carbocycles. The van der Waals surface area contributed by atoms with E-state index in [2.05, 4.69) is 10.3 Å². The van der Waals surface area contributed by atoms with Crippen molar-refractivity contribution in [2.24, 2.45) is 5.92 Å². The molecule has 1 fully saturated rings. The van der Waals surface area contributed by atoms with Crippen LogP contribution in [0.15, 0.2) is 73.1 Å². The van der Waals surface area contributed by atoms with Gasteiger partial charge in [-0.3, -0.25) is 9.78 Å². The predicted octanol–water partition coefficient (Wildman–Crippen LogP) is 3.87. The lowest BCUT2D eigenvalue weighted by molar-refractivity contribution is -0.126. The second-order valence-electron chi connectivity index (χ2n) is 8.19. The zero-order chi connectivity index (χ0) is 24.0. The third-order valence-electron chi connectivity index (χ3n) is 5.74. The fourth-order valence-electron chi connectivity index (χ4n) is 3.88. The molecule has 3 aromatic rings. The summed E-state index contributed by atoms with van der Waals surface area (Å²) in [7, 11) is -3.43. The Labute approximate surface area is 198 Å². The van der Waals surface area contributed by atoms with E-state index in [1.807, 2.05) is 18.2 Å². The van der Waals surface area contributed by atoms with Crippen molar-refractivity contribution < 1.29 is 22.3 Å². The molecule has 2 aromatic carbocycles. The van der Waals surface area contributed by atoms with Crippen molar-refractivity contribution in [3.05, 3.63) is 90.0 Å². The number of hydrogen-bond donors (Lipinski definition) is 1. The van der Waals surface area contributed by atoms with E-state index >= 15 is 0 Å². The number of rotatable bonds is 8. The Morgan fingerprint density at radius 1 is 1.06 bits per heavy atom. The molecule has 178 valence electrons. The number of halogens is 1. The van der Waals surface area contributed by atoms with Crippen molar-refractivity contribution in [3.63, 3.8) is 0 Å². The molecule has 0 bridgehead atoms. The molecule has 0 spiro atoms. The lowest BCUT2D eigenvalue weighted by Gasteiger charge is -2.30. The van der Waals surface area contributed by atoms with Crippen molar-refractivity contribution in [2.45, 2.75) is 25.1 Å². The maximum atomic E-state index is 14.4. The molecule has 0 atom stereocenters. The van der Waals surface area contributed by atoms with E-state index in [9.17, 15) is 17.6 Å². The van der Waals surface area contributed by atoms with E-state index in [4.69, 9.17) is 4.74 Å². The number of ether oxygens (including phenoxy) is 1. The molecule has 0 saturated carbocycles. The number of amides is 1. The van der Waals surface area contributed by atoms with Gasteiger partial charge < -0.3 is 10.1 Å². The van der Waals surface area contributed by atoms with Gasteiger partial charge in [-0.25, -0.2) is 17.1 Å². The second-order valence-corrected chi connectivity index (χ2v) is 10.2. The number of carbonyl (C=O) groups excluding carboxylic acids is 1. The Morgan fingerprint density at radius 3 is 2.50 bits per heavy atom. The van der Waals surface area contributed by atoms with Crippen LogP contribution in [0.25, 0.3) is 0 Å². The monoisotopic (exact) mass is 483 g/mol. The number of hydrogen-bond acceptors (Lipinski definition) is 5. The number of sulfonamides is 1. The number of carbonyl (C=O) groups is 1. The van der Waals surface area contributed by atoms with Crippen LogP contribution in [-0.2, 0) is 27.1 Å². The minimum absolute atomic E-state index is 0.0449. The fourth-order valence-corrected chi connectivity index (χ4v) is 5.44. The second kappa shape index (κ2) is 10.8. The van der Waals surface area contributed by atoms with E-state index in [-0.39, 0.29) is 29.9 Å². The third kappa shape index (κ3) is 6.18. The molecule has 34 heavy (non-hydrogen) atoms. The first-order valence-corrected chi connectivity index (χ1v) is 12.7. The van der Waals surface area contributed by atoms with Crippen molar-refractivity contribution in [1.29, 1.82) is 0 Å². The minimum atomic E-state index is -3.43. The van der Waals surface area contributed by atoms with Crippen LogP contribution in [0.5, 0.6) is 11.5 Å². The molecule has 1 saturated heterocycles. The highest BCUT2D eigenvalue weighted by Gasteiger charge is 2.31. The average Bonchev–Trinajstić information content (AvgIpc) is 2.85. The maximum Gasteiger partial charge on any atom is 0.223 e. The van der Waals surface area contributed by atoms with Crippen molar-refractivity contribution in [3.8, 4) is 11.5 Å². The molecular weight excluding hydrogens is 457 g/mol. The highest BCUT2D eigenvalue weighted by atomic mass is 32.2. The van der Waals surface area contributed by atoms with E-state index in [0.717, 1.165) is 5.56 Å². The Hall–Kier alpha value is -3.30. The van der Waals surface area contributed by atoms with Gasteiger partial charge >= 0.3 is 0 Å². The quantitative estimate of drug-likeness (QED) is 0.526. The van der Waals surface area contributed by atoms with Crippen LogP contribution in [0, 0.1) is 11.7 Å². The van der Waals surface area contributed by atoms with Gasteiger partial charge in [0, 0.05) is 31.7 Å². The summed E-state index contributed by atoms with van der Waals surface area (Å²) in [6.45, 7) is 0.792. The van der Waals surface area contributed by atoms with Crippen LogP contribution >= 0.6 is 0 Å². The van der Waals surface area contributed by atoms with Gasteiger partial charge in [-0.1, -0.05) is 36.4 Å². The van der Waals surface area contributed by atoms with Crippen molar-refractivity contribution in [2.75, 3.05) is 13.1 Å². The summed E-state index contributed by atoms with van der Waals surface area (Å²) in [5.74, 6) is -0.506. The van der Waals surface area contributed by atoms with Crippen molar-refractivity contribution in [1.82, 2.24) is 14.6 Å². The highest BCUT2D eigenvalue weighted by Crippen LogP contribution is 2.25. The van der Waals surface area contributed by atoms with E-state index in [1.165, 1.54) is 22.6 Å². The normalized spacial score (nSPS) is 15.1. The molecular formula is C25H26FN3O4S. The molecule has 1 amide bonds. The Kier molecular flexibility index (Phi) is 7.54. The lowest BCUT2D eigenvalue weighted by atomic mass is 9.97. The first-order chi connectivity index (χ1) is 16.4. The summed E-state index contributed by atoms with van der Waals surface area (Å²) in [6.07, 6.45) is 3.99. The Bertz CT molecular complexity index is 1220.